The van der Waals surface area contributed by atoms with E-state index in [1.165, 1.54) is 10.4 Å². The average Bonchev–Trinajstić information content (AvgIpc) is 2.67. The van der Waals surface area contributed by atoms with Gasteiger partial charge in [-0.1, -0.05) is 48.5 Å². The van der Waals surface area contributed by atoms with Crippen LogP contribution in [-0.4, -0.2) is 37.3 Å². The normalized spacial score (nSPS) is 16.3. The smallest absolute Gasteiger partial charge is 0.221 e. The summed E-state index contributed by atoms with van der Waals surface area (Å²) in [6.45, 7) is 0.653. The highest BCUT2D eigenvalue weighted by Crippen LogP contribution is 2.30. The van der Waals surface area contributed by atoms with Gasteiger partial charge in [-0.15, -0.1) is 0 Å². The average molecular weight is 389 g/mol. The van der Waals surface area contributed by atoms with Gasteiger partial charge in [-0.05, 0) is 42.4 Å². The minimum absolute atomic E-state index is 0.0198. The molecule has 1 saturated heterocycles. The van der Waals surface area contributed by atoms with Crippen LogP contribution in [0, 0.1) is 5.82 Å². The number of carbonyl (C=O) groups excluding carboxylic acids is 1. The molecule has 2 aromatic carbocycles. The Kier molecular flexibility index (Phi) is 6.39. The van der Waals surface area contributed by atoms with Crippen LogP contribution in [0.15, 0.2) is 54.6 Å². The molecule has 1 aliphatic rings. The van der Waals surface area contributed by atoms with Crippen LogP contribution in [0.2, 0.25) is 0 Å². The van der Waals surface area contributed by atoms with Crippen molar-refractivity contribution in [3.8, 4) is 0 Å². The van der Waals surface area contributed by atoms with E-state index in [2.05, 4.69) is 0 Å². The molecule has 0 atom stereocenters. The van der Waals surface area contributed by atoms with Gasteiger partial charge in [-0.2, -0.15) is 0 Å². The van der Waals surface area contributed by atoms with E-state index in [0.29, 0.717) is 37.9 Å². The number of Topliss-reactive ketones (excluding diaryl/α,β-unsaturated/α-hetero) is 1. The number of piperidine rings is 1. The fraction of sp³-hybridized carbons (Fsp3) is 0.381. The first-order valence-electron chi connectivity index (χ1n) is 9.23. The quantitative estimate of drug-likeness (QED) is 0.728. The molecule has 0 radical (unpaired) electrons. The van der Waals surface area contributed by atoms with Crippen LogP contribution in [0.3, 0.4) is 0 Å². The van der Waals surface area contributed by atoms with Crippen LogP contribution >= 0.6 is 0 Å². The topological polar surface area (TPSA) is 54.5 Å². The summed E-state index contributed by atoms with van der Waals surface area (Å²) in [5.74, 6) is -0.944. The number of rotatable bonds is 7. The first kappa shape index (κ1) is 19.7. The van der Waals surface area contributed by atoms with Gasteiger partial charge in [0.25, 0.3) is 0 Å². The highest BCUT2D eigenvalue weighted by molar-refractivity contribution is 7.89. The van der Waals surface area contributed by atoms with Crippen molar-refractivity contribution in [1.29, 1.82) is 0 Å². The number of ketones is 1. The minimum Gasteiger partial charge on any atom is -0.299 e. The third-order valence-corrected chi connectivity index (χ3v) is 6.91. The molecule has 0 aromatic heterocycles. The molecule has 1 fully saturated rings. The minimum atomic E-state index is -3.61. The fourth-order valence-electron chi connectivity index (χ4n) is 3.55. The van der Waals surface area contributed by atoms with Crippen molar-refractivity contribution in [2.75, 3.05) is 18.8 Å². The molecule has 4 nitrogen and oxygen atoms in total. The summed E-state index contributed by atoms with van der Waals surface area (Å²) in [4.78, 5) is 12.1. The van der Waals surface area contributed by atoms with Crippen molar-refractivity contribution >= 4 is 15.8 Å². The third-order valence-electron chi connectivity index (χ3n) is 5.07. The highest BCUT2D eigenvalue weighted by Gasteiger charge is 2.30. The van der Waals surface area contributed by atoms with E-state index in [1.54, 1.807) is 18.2 Å². The molecule has 27 heavy (non-hydrogen) atoms. The molecule has 2 aromatic rings. The summed E-state index contributed by atoms with van der Waals surface area (Å²) < 4.78 is 40.4. The second-order valence-electron chi connectivity index (χ2n) is 6.98. The summed E-state index contributed by atoms with van der Waals surface area (Å²) in [6.07, 6.45) is 1.90. The summed E-state index contributed by atoms with van der Waals surface area (Å²) in [5, 5.41) is 0. The van der Waals surface area contributed by atoms with Gasteiger partial charge < -0.3 is 0 Å². The molecule has 0 unspecified atom stereocenters. The SMILES string of the molecule is O=C(CCc1ccccc1)CS(=O)(=O)N1CCC(c2ccccc2F)CC1. The zero-order valence-electron chi connectivity index (χ0n) is 15.2. The van der Waals surface area contributed by atoms with E-state index in [9.17, 15) is 17.6 Å². The molecule has 0 amide bonds. The summed E-state index contributed by atoms with van der Waals surface area (Å²) in [7, 11) is -3.61. The first-order chi connectivity index (χ1) is 13.0. The predicted molar refractivity (Wildman–Crippen MR) is 104 cm³/mol. The molecule has 144 valence electrons. The molecule has 0 bridgehead atoms. The third kappa shape index (κ3) is 5.23. The zero-order chi connectivity index (χ0) is 19.3. The van der Waals surface area contributed by atoms with E-state index in [-0.39, 0.29) is 23.9 Å². The van der Waals surface area contributed by atoms with Crippen LogP contribution in [0.25, 0.3) is 0 Å². The van der Waals surface area contributed by atoms with Gasteiger partial charge in [-0.3, -0.25) is 4.79 Å². The Morgan fingerprint density at radius 3 is 2.30 bits per heavy atom. The number of hydrogen-bond acceptors (Lipinski definition) is 3. The van der Waals surface area contributed by atoms with Crippen LogP contribution in [0.5, 0.6) is 0 Å². The van der Waals surface area contributed by atoms with E-state index in [1.807, 2.05) is 30.3 Å². The Morgan fingerprint density at radius 1 is 1.00 bits per heavy atom. The van der Waals surface area contributed by atoms with Crippen molar-refractivity contribution in [3.05, 3.63) is 71.5 Å². The Morgan fingerprint density at radius 2 is 1.63 bits per heavy atom. The number of hydrogen-bond donors (Lipinski definition) is 0. The highest BCUT2D eigenvalue weighted by atomic mass is 32.2. The molecule has 0 aliphatic carbocycles. The van der Waals surface area contributed by atoms with Crippen LogP contribution in [0.1, 0.15) is 36.3 Å². The second kappa shape index (κ2) is 8.76. The van der Waals surface area contributed by atoms with Gasteiger partial charge in [0.2, 0.25) is 10.0 Å². The molecule has 0 saturated carbocycles. The maximum Gasteiger partial charge on any atom is 0.221 e. The lowest BCUT2D eigenvalue weighted by Crippen LogP contribution is -2.40. The standard InChI is InChI=1S/C21H24FNO3S/c22-21-9-5-4-8-20(21)18-12-14-23(15-13-18)27(25,26)16-19(24)11-10-17-6-2-1-3-7-17/h1-9,18H,10-16H2. The van der Waals surface area contributed by atoms with Crippen LogP contribution in [0.4, 0.5) is 4.39 Å². The van der Waals surface area contributed by atoms with Gasteiger partial charge in [-0.25, -0.2) is 17.1 Å². The number of benzene rings is 2. The van der Waals surface area contributed by atoms with Crippen molar-refractivity contribution in [1.82, 2.24) is 4.31 Å². The Balaban J connectivity index is 1.52. The molecular weight excluding hydrogens is 365 g/mol. The first-order valence-corrected chi connectivity index (χ1v) is 10.8. The van der Waals surface area contributed by atoms with Gasteiger partial charge in [0.1, 0.15) is 17.4 Å². The van der Waals surface area contributed by atoms with Crippen molar-refractivity contribution in [2.45, 2.75) is 31.6 Å². The van der Waals surface area contributed by atoms with Crippen molar-refractivity contribution in [3.63, 3.8) is 0 Å². The molecule has 1 heterocycles. The number of carbonyl (C=O) groups is 1. The number of aryl methyl sites for hydroxylation is 1. The Labute approximate surface area is 160 Å². The summed E-state index contributed by atoms with van der Waals surface area (Å²) >= 11 is 0. The molecule has 3 rings (SSSR count). The van der Waals surface area contributed by atoms with Crippen LogP contribution < -0.4 is 0 Å². The second-order valence-corrected chi connectivity index (χ2v) is 8.94. The van der Waals surface area contributed by atoms with E-state index >= 15 is 0 Å². The Hall–Kier alpha value is -2.05. The molecule has 1 aliphatic heterocycles. The summed E-state index contributed by atoms with van der Waals surface area (Å²) in [5.41, 5.74) is 1.67. The van der Waals surface area contributed by atoms with E-state index < -0.39 is 15.8 Å². The largest absolute Gasteiger partial charge is 0.299 e. The number of halogens is 1. The van der Waals surface area contributed by atoms with E-state index in [4.69, 9.17) is 0 Å². The number of sulfonamides is 1. The lowest BCUT2D eigenvalue weighted by atomic mass is 9.90. The van der Waals surface area contributed by atoms with Gasteiger partial charge in [0.15, 0.2) is 0 Å². The summed E-state index contributed by atoms with van der Waals surface area (Å²) in [6, 6.07) is 16.2. The molecule has 0 spiro atoms. The monoisotopic (exact) mass is 389 g/mol. The lowest BCUT2D eigenvalue weighted by Gasteiger charge is -2.31. The van der Waals surface area contributed by atoms with Gasteiger partial charge in [0, 0.05) is 19.5 Å². The van der Waals surface area contributed by atoms with Gasteiger partial charge >= 0.3 is 0 Å². The maximum atomic E-state index is 13.9. The lowest BCUT2D eigenvalue weighted by molar-refractivity contribution is -0.116. The predicted octanol–water partition coefficient (Wildman–Crippen LogP) is 3.54. The van der Waals surface area contributed by atoms with Crippen molar-refractivity contribution in [2.24, 2.45) is 0 Å². The molecular formula is C21H24FNO3S. The molecule has 0 N–H and O–H groups in total. The Bertz CT molecular complexity index is 875. The maximum absolute atomic E-state index is 13.9. The van der Waals surface area contributed by atoms with Crippen LogP contribution in [-0.2, 0) is 21.2 Å². The zero-order valence-corrected chi connectivity index (χ0v) is 16.0. The fourth-order valence-corrected chi connectivity index (χ4v) is 5.05. The number of nitrogens with zero attached hydrogens (tertiary/aromatic N) is 1. The van der Waals surface area contributed by atoms with Gasteiger partial charge in [0.05, 0.1) is 0 Å². The van der Waals surface area contributed by atoms with E-state index in [0.717, 1.165) is 5.56 Å². The molecule has 6 heteroatoms. The van der Waals surface area contributed by atoms with Crippen molar-refractivity contribution < 1.29 is 17.6 Å².